The molecule has 1 aliphatic rings. The molecule has 1 aromatic carbocycles. The predicted molar refractivity (Wildman–Crippen MR) is 87.3 cm³/mol. The Kier molecular flexibility index (Phi) is 3.62. The van der Waals surface area contributed by atoms with Crippen LogP contribution < -0.4 is 11.1 Å². The number of hydrogen-bond donors (Lipinski definition) is 1. The van der Waals surface area contributed by atoms with Gasteiger partial charge in [0, 0.05) is 7.85 Å². The van der Waals surface area contributed by atoms with Crippen molar-refractivity contribution < 1.29 is 15.4 Å². The van der Waals surface area contributed by atoms with E-state index in [9.17, 15) is 14.4 Å². The van der Waals surface area contributed by atoms with E-state index in [0.29, 0.717) is 17.5 Å². The van der Waals surface area contributed by atoms with E-state index in [0.717, 1.165) is 12.0 Å². The molecule has 0 radical (unpaired) electrons. The maximum atomic E-state index is 12.2. The molecule has 1 saturated heterocycles. The third-order valence-corrected chi connectivity index (χ3v) is 4.80. The van der Waals surface area contributed by atoms with E-state index in [-0.39, 0.29) is 19.2 Å². The Hall–Kier alpha value is -2.37. The minimum absolute atomic E-state index is 0. The van der Waals surface area contributed by atoms with Gasteiger partial charge in [0.15, 0.2) is 5.58 Å². The second kappa shape index (κ2) is 5.37. The predicted octanol–water partition coefficient (Wildman–Crippen LogP) is 2.51. The van der Waals surface area contributed by atoms with E-state index in [1.165, 1.54) is 4.57 Å². The number of nitrogens with one attached hydrogen (secondary N) is 1. The summed E-state index contributed by atoms with van der Waals surface area (Å²) in [5, 5.41) is 2.28. The molecule has 1 aromatic heterocycles. The number of imide groups is 1. The summed E-state index contributed by atoms with van der Waals surface area (Å²) in [6.45, 7) is 6.36. The molecule has 6 nitrogen and oxygen atoms in total. The first-order valence-corrected chi connectivity index (χ1v) is 7.83. The lowest BCUT2D eigenvalue weighted by molar-refractivity contribution is -0.135. The van der Waals surface area contributed by atoms with Gasteiger partial charge in [-0.05, 0) is 36.0 Å². The van der Waals surface area contributed by atoms with E-state index in [1.807, 2.05) is 18.2 Å². The molecule has 1 atom stereocenters. The van der Waals surface area contributed by atoms with Crippen molar-refractivity contribution in [3.05, 3.63) is 34.3 Å². The molecule has 2 aromatic rings. The lowest BCUT2D eigenvalue weighted by Crippen LogP contribution is -2.43. The second-order valence-electron chi connectivity index (χ2n) is 6.62. The van der Waals surface area contributed by atoms with Crippen LogP contribution in [0.4, 0.5) is 0 Å². The number of benzene rings is 1. The molecule has 23 heavy (non-hydrogen) atoms. The summed E-state index contributed by atoms with van der Waals surface area (Å²) in [6.07, 6.45) is 1.48. The van der Waals surface area contributed by atoms with Gasteiger partial charge in [-0.1, -0.05) is 26.8 Å². The SMILES string of the molecule is CCC(C)(C)c1ccc2c(c1)oc(=O)n2C1CCC(=O)NC1=O.[HH]. The lowest BCUT2D eigenvalue weighted by Gasteiger charge is -2.23. The number of rotatable bonds is 3. The monoisotopic (exact) mass is 318 g/mol. The minimum atomic E-state index is -0.702. The first kappa shape index (κ1) is 15.5. The summed E-state index contributed by atoms with van der Waals surface area (Å²) in [5.74, 6) is -1.33. The molecule has 6 heteroatoms. The largest absolute Gasteiger partial charge is 0.420 e. The Bertz CT molecular complexity index is 850. The van der Waals surface area contributed by atoms with Crippen LogP contribution in [-0.4, -0.2) is 16.4 Å². The Balaban J connectivity index is 0.00000208. The summed E-state index contributed by atoms with van der Waals surface area (Å²) < 4.78 is 6.70. The van der Waals surface area contributed by atoms with Crippen molar-refractivity contribution in [1.82, 2.24) is 9.88 Å². The highest BCUT2D eigenvalue weighted by Crippen LogP contribution is 2.30. The molecule has 3 rings (SSSR count). The van der Waals surface area contributed by atoms with E-state index in [1.54, 1.807) is 0 Å². The van der Waals surface area contributed by atoms with Crippen molar-refractivity contribution >= 4 is 22.9 Å². The van der Waals surface area contributed by atoms with Crippen LogP contribution in [0.25, 0.3) is 11.1 Å². The molecular formula is C17H22N2O4. The molecular weight excluding hydrogens is 296 g/mol. The van der Waals surface area contributed by atoms with Crippen molar-refractivity contribution in [2.45, 2.75) is 51.5 Å². The second-order valence-corrected chi connectivity index (χ2v) is 6.62. The first-order chi connectivity index (χ1) is 10.8. The molecule has 0 bridgehead atoms. The van der Waals surface area contributed by atoms with Gasteiger partial charge in [0.2, 0.25) is 11.8 Å². The van der Waals surface area contributed by atoms with Crippen LogP contribution in [-0.2, 0) is 15.0 Å². The average Bonchev–Trinajstić information content (AvgIpc) is 2.82. The van der Waals surface area contributed by atoms with Gasteiger partial charge in [-0.3, -0.25) is 19.5 Å². The zero-order valence-corrected chi connectivity index (χ0v) is 13.5. The third kappa shape index (κ3) is 2.58. The number of piperidine rings is 1. The van der Waals surface area contributed by atoms with Crippen LogP contribution in [0.1, 0.15) is 53.1 Å². The first-order valence-electron chi connectivity index (χ1n) is 7.83. The molecule has 0 saturated carbocycles. The Morgan fingerprint density at radius 3 is 2.74 bits per heavy atom. The molecule has 1 unspecified atom stereocenters. The number of amides is 2. The van der Waals surface area contributed by atoms with E-state index < -0.39 is 17.7 Å². The molecule has 2 heterocycles. The maximum absolute atomic E-state index is 12.2. The van der Waals surface area contributed by atoms with Gasteiger partial charge in [-0.25, -0.2) is 4.79 Å². The highest BCUT2D eigenvalue weighted by molar-refractivity contribution is 6.00. The summed E-state index contributed by atoms with van der Waals surface area (Å²) in [7, 11) is 0. The molecule has 1 aliphatic heterocycles. The number of nitrogens with zero attached hydrogens (tertiary/aromatic N) is 1. The zero-order chi connectivity index (χ0) is 16.8. The number of oxazole rings is 1. The third-order valence-electron chi connectivity index (χ3n) is 4.80. The Morgan fingerprint density at radius 1 is 1.35 bits per heavy atom. The van der Waals surface area contributed by atoms with Crippen LogP contribution in [0.2, 0.25) is 0 Å². The van der Waals surface area contributed by atoms with Gasteiger partial charge in [-0.15, -0.1) is 0 Å². The van der Waals surface area contributed by atoms with Crippen LogP contribution in [0.5, 0.6) is 0 Å². The van der Waals surface area contributed by atoms with Gasteiger partial charge >= 0.3 is 5.76 Å². The summed E-state index contributed by atoms with van der Waals surface area (Å²) in [4.78, 5) is 35.5. The molecule has 0 spiro atoms. The lowest BCUT2D eigenvalue weighted by atomic mass is 9.82. The van der Waals surface area contributed by atoms with E-state index in [2.05, 4.69) is 26.1 Å². The standard InChI is InChI=1S/C17H20N2O4.H2/c1-4-17(2,3)10-5-6-11-13(9-10)23-16(22)19(11)12-7-8-14(20)18-15(12)21;/h5-6,9,12H,4,7-8H2,1-3H3,(H,18,20,21);1H. The highest BCUT2D eigenvalue weighted by atomic mass is 16.4. The van der Waals surface area contributed by atoms with Crippen LogP contribution in [0.3, 0.4) is 0 Å². The number of carbonyl (C=O) groups is 2. The average molecular weight is 318 g/mol. The summed E-state index contributed by atoms with van der Waals surface area (Å²) in [6, 6.07) is 4.94. The fourth-order valence-electron chi connectivity index (χ4n) is 2.89. The fraction of sp³-hybridized carbons (Fsp3) is 0.471. The van der Waals surface area contributed by atoms with Gasteiger partial charge in [0.1, 0.15) is 6.04 Å². The zero-order valence-electron chi connectivity index (χ0n) is 13.5. The van der Waals surface area contributed by atoms with Crippen molar-refractivity contribution in [1.29, 1.82) is 0 Å². The van der Waals surface area contributed by atoms with E-state index >= 15 is 0 Å². The number of carbonyl (C=O) groups excluding carboxylic acids is 2. The van der Waals surface area contributed by atoms with Crippen molar-refractivity contribution in [3.63, 3.8) is 0 Å². The molecule has 1 fully saturated rings. The highest BCUT2D eigenvalue weighted by Gasteiger charge is 2.31. The number of fused-ring (bicyclic) bond motifs is 1. The summed E-state index contributed by atoms with van der Waals surface area (Å²) in [5.41, 5.74) is 2.11. The maximum Gasteiger partial charge on any atom is 0.420 e. The summed E-state index contributed by atoms with van der Waals surface area (Å²) >= 11 is 0. The van der Waals surface area contributed by atoms with Gasteiger partial charge < -0.3 is 4.42 Å². The van der Waals surface area contributed by atoms with Crippen molar-refractivity contribution in [3.8, 4) is 0 Å². The molecule has 124 valence electrons. The topological polar surface area (TPSA) is 81.3 Å². The Labute approximate surface area is 134 Å². The van der Waals surface area contributed by atoms with Gasteiger partial charge in [0.25, 0.3) is 0 Å². The quantitative estimate of drug-likeness (QED) is 0.882. The van der Waals surface area contributed by atoms with Gasteiger partial charge in [0.05, 0.1) is 5.52 Å². The minimum Gasteiger partial charge on any atom is -0.408 e. The normalized spacial score (nSPS) is 19.2. The van der Waals surface area contributed by atoms with E-state index in [4.69, 9.17) is 4.42 Å². The van der Waals surface area contributed by atoms with Gasteiger partial charge in [-0.2, -0.15) is 0 Å². The Morgan fingerprint density at radius 2 is 2.09 bits per heavy atom. The van der Waals surface area contributed by atoms with Crippen LogP contribution in [0.15, 0.2) is 27.4 Å². The number of hydrogen-bond acceptors (Lipinski definition) is 4. The van der Waals surface area contributed by atoms with Crippen molar-refractivity contribution in [2.24, 2.45) is 0 Å². The smallest absolute Gasteiger partial charge is 0.408 e. The molecule has 2 amide bonds. The molecule has 0 aliphatic carbocycles. The van der Waals surface area contributed by atoms with Crippen LogP contribution in [0, 0.1) is 0 Å². The number of aromatic nitrogens is 1. The van der Waals surface area contributed by atoms with Crippen LogP contribution >= 0.6 is 0 Å². The van der Waals surface area contributed by atoms with Crippen molar-refractivity contribution in [2.75, 3.05) is 0 Å². The fourth-order valence-corrected chi connectivity index (χ4v) is 2.89. The molecule has 1 N–H and O–H groups in total.